The number of hydrogen-bond donors (Lipinski definition) is 0. The first kappa shape index (κ1) is 11.4. The second-order valence-corrected chi connectivity index (χ2v) is 4.18. The Labute approximate surface area is 100 Å². The Balaban J connectivity index is 2.60. The molecule has 0 unspecified atom stereocenters. The van der Waals surface area contributed by atoms with Crippen LogP contribution in [0, 0.1) is 0 Å². The summed E-state index contributed by atoms with van der Waals surface area (Å²) >= 11 is 0. The van der Waals surface area contributed by atoms with Gasteiger partial charge in [-0.2, -0.15) is 0 Å². The van der Waals surface area contributed by atoms with Crippen molar-refractivity contribution in [3.05, 3.63) is 41.7 Å². The fraction of sp³-hybridized carbons (Fsp3) is 0.231. The number of hydrogen-bond acceptors (Lipinski definition) is 3. The monoisotopic (exact) mass is 230 g/mol. The second-order valence-electron chi connectivity index (χ2n) is 4.18. The molecule has 0 saturated heterocycles. The van der Waals surface area contributed by atoms with Gasteiger partial charge in [-0.15, -0.1) is 0 Å². The van der Waals surface area contributed by atoms with E-state index in [1.54, 1.807) is 29.3 Å². The Morgan fingerprint density at radius 1 is 1.29 bits per heavy atom. The number of anilines is 1. The van der Waals surface area contributed by atoms with Gasteiger partial charge in [0.15, 0.2) is 0 Å². The molecule has 1 aromatic rings. The maximum atomic E-state index is 12.2. The zero-order valence-electron chi connectivity index (χ0n) is 10.1. The van der Waals surface area contributed by atoms with Crippen LogP contribution in [-0.4, -0.2) is 30.7 Å². The minimum atomic E-state index is -0.156. The number of rotatable bonds is 1. The molecular formula is C13H14N2O2. The Kier molecular flexibility index (Phi) is 2.71. The van der Waals surface area contributed by atoms with Crippen LogP contribution in [0.2, 0.25) is 0 Å². The molecule has 0 N–H and O–H groups in total. The summed E-state index contributed by atoms with van der Waals surface area (Å²) in [5, 5.41) is 0. The highest BCUT2D eigenvalue weighted by molar-refractivity contribution is 6.24. The van der Waals surface area contributed by atoms with Gasteiger partial charge in [0.1, 0.15) is 5.70 Å². The van der Waals surface area contributed by atoms with Gasteiger partial charge in [0.05, 0.1) is 5.69 Å². The highest BCUT2D eigenvalue weighted by Crippen LogP contribution is 2.34. The van der Waals surface area contributed by atoms with Crippen molar-refractivity contribution in [1.29, 1.82) is 0 Å². The minimum absolute atomic E-state index is 0.107. The van der Waals surface area contributed by atoms with E-state index in [2.05, 4.69) is 0 Å². The second kappa shape index (κ2) is 4.05. The first-order valence-corrected chi connectivity index (χ1v) is 5.35. The van der Waals surface area contributed by atoms with Gasteiger partial charge in [0.2, 0.25) is 11.7 Å². The molecular weight excluding hydrogens is 216 g/mol. The van der Waals surface area contributed by atoms with E-state index in [4.69, 9.17) is 0 Å². The van der Waals surface area contributed by atoms with E-state index < -0.39 is 0 Å². The molecule has 0 aromatic heterocycles. The number of Topliss-reactive ketones (excluding diaryl/α,β-unsaturated/α-hetero) is 1. The van der Waals surface area contributed by atoms with Crippen LogP contribution in [0.1, 0.15) is 17.3 Å². The summed E-state index contributed by atoms with van der Waals surface area (Å²) in [6.07, 6.45) is 1.67. The maximum Gasteiger partial charge on any atom is 0.228 e. The lowest BCUT2D eigenvalue weighted by Gasteiger charge is -2.17. The summed E-state index contributed by atoms with van der Waals surface area (Å²) in [5.41, 5.74) is 1.65. The van der Waals surface area contributed by atoms with Gasteiger partial charge in [-0.1, -0.05) is 12.1 Å². The quantitative estimate of drug-likeness (QED) is 0.689. The van der Waals surface area contributed by atoms with E-state index in [0.717, 1.165) is 0 Å². The lowest BCUT2D eigenvalue weighted by atomic mass is 10.1. The van der Waals surface area contributed by atoms with Gasteiger partial charge in [0, 0.05) is 32.8 Å². The van der Waals surface area contributed by atoms with Gasteiger partial charge >= 0.3 is 0 Å². The molecule has 0 spiro atoms. The molecule has 2 rings (SSSR count). The minimum Gasteiger partial charge on any atom is -0.382 e. The summed E-state index contributed by atoms with van der Waals surface area (Å²) in [7, 11) is 3.64. The van der Waals surface area contributed by atoms with Crippen molar-refractivity contribution in [2.75, 3.05) is 19.0 Å². The van der Waals surface area contributed by atoms with Gasteiger partial charge in [-0.25, -0.2) is 0 Å². The van der Waals surface area contributed by atoms with E-state index >= 15 is 0 Å². The molecule has 4 heteroatoms. The molecule has 0 atom stereocenters. The van der Waals surface area contributed by atoms with Gasteiger partial charge in [-0.05, 0) is 12.1 Å². The van der Waals surface area contributed by atoms with E-state index in [0.29, 0.717) is 16.9 Å². The van der Waals surface area contributed by atoms with Crippen LogP contribution in [0.4, 0.5) is 5.69 Å². The summed E-state index contributed by atoms with van der Waals surface area (Å²) < 4.78 is 0. The number of carbonyl (C=O) groups is 2. The van der Waals surface area contributed by atoms with E-state index in [-0.39, 0.29) is 11.7 Å². The third-order valence-corrected chi connectivity index (χ3v) is 2.56. The fourth-order valence-electron chi connectivity index (χ4n) is 1.93. The normalized spacial score (nSPS) is 16.3. The molecule has 0 saturated carbocycles. The number of para-hydroxylation sites is 1. The Hall–Kier alpha value is -2.10. The van der Waals surface area contributed by atoms with Crippen LogP contribution in [0.25, 0.3) is 0 Å². The summed E-state index contributed by atoms with van der Waals surface area (Å²) in [5.74, 6) is -0.263. The first-order valence-electron chi connectivity index (χ1n) is 5.35. The average Bonchev–Trinajstić information content (AvgIpc) is 2.52. The summed E-state index contributed by atoms with van der Waals surface area (Å²) in [4.78, 5) is 27.0. The van der Waals surface area contributed by atoms with Crippen molar-refractivity contribution in [3.63, 3.8) is 0 Å². The summed E-state index contributed by atoms with van der Waals surface area (Å²) in [6.45, 7) is 1.46. The topological polar surface area (TPSA) is 40.6 Å². The molecule has 1 aromatic carbocycles. The number of amides is 1. The smallest absolute Gasteiger partial charge is 0.228 e. The number of allylic oxidation sites excluding steroid dienone is 1. The van der Waals surface area contributed by atoms with Crippen molar-refractivity contribution in [2.24, 2.45) is 0 Å². The van der Waals surface area contributed by atoms with Crippen LogP contribution in [0.5, 0.6) is 0 Å². The highest BCUT2D eigenvalue weighted by atomic mass is 16.2. The van der Waals surface area contributed by atoms with Crippen molar-refractivity contribution < 1.29 is 9.59 Å². The van der Waals surface area contributed by atoms with E-state index in [1.807, 2.05) is 20.2 Å². The fourth-order valence-corrected chi connectivity index (χ4v) is 1.93. The standard InChI is InChI=1S/C13H14N2O2/c1-9(16)15-11-7-5-4-6-10(11)13(17)12(15)8-14(2)3/h4-8H,1-3H3/b12-8+. The van der Waals surface area contributed by atoms with Gasteiger partial charge in [-0.3, -0.25) is 14.5 Å². The van der Waals surface area contributed by atoms with Crippen molar-refractivity contribution >= 4 is 17.4 Å². The van der Waals surface area contributed by atoms with E-state index in [1.165, 1.54) is 11.8 Å². The first-order chi connectivity index (χ1) is 8.02. The van der Waals surface area contributed by atoms with Crippen LogP contribution < -0.4 is 4.90 Å². The number of benzene rings is 1. The van der Waals surface area contributed by atoms with Crippen LogP contribution >= 0.6 is 0 Å². The number of carbonyl (C=O) groups excluding carboxylic acids is 2. The van der Waals surface area contributed by atoms with Crippen molar-refractivity contribution in [2.45, 2.75) is 6.92 Å². The molecule has 4 nitrogen and oxygen atoms in total. The number of ketones is 1. The maximum absolute atomic E-state index is 12.2. The van der Waals surface area contributed by atoms with Crippen molar-refractivity contribution in [1.82, 2.24) is 4.90 Å². The molecule has 17 heavy (non-hydrogen) atoms. The Bertz CT molecular complexity index is 518. The summed E-state index contributed by atoms with van der Waals surface area (Å²) in [6, 6.07) is 7.14. The zero-order valence-corrected chi connectivity index (χ0v) is 10.1. The largest absolute Gasteiger partial charge is 0.382 e. The van der Waals surface area contributed by atoms with E-state index in [9.17, 15) is 9.59 Å². The Morgan fingerprint density at radius 2 is 1.94 bits per heavy atom. The average molecular weight is 230 g/mol. The van der Waals surface area contributed by atoms with Crippen molar-refractivity contribution in [3.8, 4) is 0 Å². The molecule has 0 aliphatic carbocycles. The number of fused-ring (bicyclic) bond motifs is 1. The van der Waals surface area contributed by atoms with Crippen LogP contribution in [0.3, 0.4) is 0 Å². The highest BCUT2D eigenvalue weighted by Gasteiger charge is 2.34. The number of nitrogens with zero attached hydrogens (tertiary/aromatic N) is 2. The lowest BCUT2D eigenvalue weighted by molar-refractivity contribution is -0.116. The lowest BCUT2D eigenvalue weighted by Crippen LogP contribution is -2.27. The van der Waals surface area contributed by atoms with Gasteiger partial charge in [0.25, 0.3) is 0 Å². The van der Waals surface area contributed by atoms with Gasteiger partial charge < -0.3 is 4.90 Å². The predicted molar refractivity (Wildman–Crippen MR) is 65.7 cm³/mol. The molecule has 0 bridgehead atoms. The molecule has 0 radical (unpaired) electrons. The predicted octanol–water partition coefficient (Wildman–Crippen LogP) is 1.64. The third kappa shape index (κ3) is 1.82. The molecule has 0 fully saturated rings. The zero-order chi connectivity index (χ0) is 12.6. The third-order valence-electron chi connectivity index (χ3n) is 2.56. The Morgan fingerprint density at radius 3 is 2.53 bits per heavy atom. The van der Waals surface area contributed by atoms with Crippen LogP contribution in [0.15, 0.2) is 36.2 Å². The molecule has 1 aliphatic heterocycles. The molecule has 1 heterocycles. The van der Waals surface area contributed by atoms with Crippen LogP contribution in [-0.2, 0) is 4.79 Å². The SMILES string of the molecule is CC(=O)N1/C(=C/N(C)C)C(=O)c2ccccc21. The molecule has 88 valence electrons. The molecule has 1 amide bonds. The molecule has 1 aliphatic rings.